The summed E-state index contributed by atoms with van der Waals surface area (Å²) in [6, 6.07) is -0.200. The fourth-order valence-electron chi connectivity index (χ4n) is 1.72. The van der Waals surface area contributed by atoms with Crippen LogP contribution in [-0.4, -0.2) is 30.6 Å². The third-order valence-electron chi connectivity index (χ3n) is 2.28. The van der Waals surface area contributed by atoms with Crippen LogP contribution >= 0.6 is 0 Å². The minimum Gasteiger partial charge on any atom is -0.286 e. The van der Waals surface area contributed by atoms with Gasteiger partial charge in [-0.1, -0.05) is 23.7 Å². The van der Waals surface area contributed by atoms with E-state index in [-0.39, 0.29) is 6.04 Å². The van der Waals surface area contributed by atoms with Gasteiger partial charge >= 0.3 is 10.3 Å². The average Bonchev–Trinajstić information content (AvgIpc) is 2.05. The molecule has 0 heterocycles. The molecule has 78 valence electrons. The highest BCUT2D eigenvalue weighted by Gasteiger charge is 2.29. The molecule has 0 amide bonds. The van der Waals surface area contributed by atoms with E-state index in [2.05, 4.69) is 4.84 Å². The fourth-order valence-corrected chi connectivity index (χ4v) is 2.50. The molecule has 0 aromatic carbocycles. The van der Waals surface area contributed by atoms with Gasteiger partial charge in [-0.15, -0.1) is 0 Å². The molecule has 6 heteroatoms. The van der Waals surface area contributed by atoms with E-state index in [9.17, 15) is 8.42 Å². The molecule has 0 radical (unpaired) electrons. The molecular formula is C7H15NO4S. The molecule has 13 heavy (non-hydrogen) atoms. The summed E-state index contributed by atoms with van der Waals surface area (Å²) in [7, 11) is -2.95. The number of hydrogen-bond acceptors (Lipinski definition) is 3. The molecule has 1 saturated carbocycles. The van der Waals surface area contributed by atoms with Crippen molar-refractivity contribution in [3.05, 3.63) is 0 Å². The Hall–Kier alpha value is -0.170. The van der Waals surface area contributed by atoms with E-state index >= 15 is 0 Å². The Labute approximate surface area is 78.5 Å². The molecule has 1 aliphatic rings. The summed E-state index contributed by atoms with van der Waals surface area (Å²) in [5.74, 6) is 0. The molecule has 1 rings (SSSR count). The Morgan fingerprint density at radius 2 is 1.85 bits per heavy atom. The summed E-state index contributed by atoms with van der Waals surface area (Å²) in [5.41, 5.74) is 0. The van der Waals surface area contributed by atoms with Crippen LogP contribution in [0.1, 0.15) is 32.1 Å². The summed E-state index contributed by atoms with van der Waals surface area (Å²) in [6.45, 7) is 0. The van der Waals surface area contributed by atoms with E-state index in [1.807, 2.05) is 0 Å². The molecule has 1 fully saturated rings. The van der Waals surface area contributed by atoms with Gasteiger partial charge in [-0.05, 0) is 12.8 Å². The van der Waals surface area contributed by atoms with Crippen LogP contribution < -0.4 is 0 Å². The second-order valence-corrected chi connectivity index (χ2v) is 4.46. The molecule has 1 aliphatic carbocycles. The third kappa shape index (κ3) is 2.91. The van der Waals surface area contributed by atoms with E-state index in [1.54, 1.807) is 0 Å². The molecule has 0 atom stereocenters. The Balaban J connectivity index is 2.65. The van der Waals surface area contributed by atoms with Crippen molar-refractivity contribution in [2.24, 2.45) is 0 Å². The van der Waals surface area contributed by atoms with Gasteiger partial charge in [0.1, 0.15) is 0 Å². The first-order valence-corrected chi connectivity index (χ1v) is 5.76. The van der Waals surface area contributed by atoms with Gasteiger partial charge in [0, 0.05) is 0 Å². The molecule has 0 aromatic heterocycles. The maximum Gasteiger partial charge on any atom is 0.358 e. The van der Waals surface area contributed by atoms with Gasteiger partial charge in [0.05, 0.1) is 13.2 Å². The molecule has 5 nitrogen and oxygen atoms in total. The second-order valence-electron chi connectivity index (χ2n) is 3.21. The van der Waals surface area contributed by atoms with E-state index in [4.69, 9.17) is 4.55 Å². The summed E-state index contributed by atoms with van der Waals surface area (Å²) >= 11 is 0. The highest BCUT2D eigenvalue weighted by molar-refractivity contribution is 7.83. The zero-order chi connectivity index (χ0) is 9.90. The van der Waals surface area contributed by atoms with Crippen LogP contribution in [-0.2, 0) is 15.1 Å². The number of hydrogen-bond donors (Lipinski definition) is 1. The zero-order valence-electron chi connectivity index (χ0n) is 7.64. The van der Waals surface area contributed by atoms with Crippen LogP contribution in [0.5, 0.6) is 0 Å². The van der Waals surface area contributed by atoms with Gasteiger partial charge in [-0.2, -0.15) is 8.42 Å². The van der Waals surface area contributed by atoms with Crippen molar-refractivity contribution >= 4 is 10.3 Å². The van der Waals surface area contributed by atoms with E-state index < -0.39 is 10.3 Å². The van der Waals surface area contributed by atoms with Crippen molar-refractivity contribution in [1.29, 1.82) is 0 Å². The lowest BCUT2D eigenvalue weighted by molar-refractivity contribution is -0.0954. The minimum atomic E-state index is -4.20. The van der Waals surface area contributed by atoms with E-state index in [0.29, 0.717) is 4.47 Å². The first-order chi connectivity index (χ1) is 6.05. The smallest absolute Gasteiger partial charge is 0.286 e. The quantitative estimate of drug-likeness (QED) is 0.556. The molecule has 0 unspecified atom stereocenters. The van der Waals surface area contributed by atoms with Crippen molar-refractivity contribution in [3.8, 4) is 0 Å². The van der Waals surface area contributed by atoms with E-state index in [0.717, 1.165) is 32.1 Å². The molecule has 0 bridgehead atoms. The monoisotopic (exact) mass is 209 g/mol. The lowest BCUT2D eigenvalue weighted by Crippen LogP contribution is -2.40. The van der Waals surface area contributed by atoms with Crippen molar-refractivity contribution in [2.45, 2.75) is 38.1 Å². The Kier molecular flexibility index (Phi) is 3.66. The Morgan fingerprint density at radius 3 is 2.23 bits per heavy atom. The lowest BCUT2D eigenvalue weighted by atomic mass is 9.96. The highest BCUT2D eigenvalue weighted by Crippen LogP contribution is 2.23. The van der Waals surface area contributed by atoms with Crippen LogP contribution in [0.3, 0.4) is 0 Å². The highest BCUT2D eigenvalue weighted by atomic mass is 32.2. The number of hydroxylamine groups is 1. The minimum absolute atomic E-state index is 0.200. The summed E-state index contributed by atoms with van der Waals surface area (Å²) < 4.78 is 31.1. The summed E-state index contributed by atoms with van der Waals surface area (Å²) in [4.78, 5) is 4.65. The van der Waals surface area contributed by atoms with Gasteiger partial charge < -0.3 is 0 Å². The SMILES string of the molecule is CON(C1CCCCC1)S(=O)(=O)O. The van der Waals surface area contributed by atoms with Gasteiger partial charge in [0.2, 0.25) is 0 Å². The van der Waals surface area contributed by atoms with Gasteiger partial charge in [0.25, 0.3) is 0 Å². The maximum atomic E-state index is 10.8. The average molecular weight is 209 g/mol. The summed E-state index contributed by atoms with van der Waals surface area (Å²) in [6.07, 6.45) is 4.61. The van der Waals surface area contributed by atoms with E-state index in [1.165, 1.54) is 7.11 Å². The van der Waals surface area contributed by atoms with Gasteiger partial charge in [0.15, 0.2) is 0 Å². The van der Waals surface area contributed by atoms with Crippen LogP contribution in [0.25, 0.3) is 0 Å². The fraction of sp³-hybridized carbons (Fsp3) is 1.00. The Bertz CT molecular complexity index is 245. The Morgan fingerprint density at radius 1 is 1.31 bits per heavy atom. The molecule has 0 aliphatic heterocycles. The topological polar surface area (TPSA) is 66.8 Å². The molecule has 0 saturated heterocycles. The summed E-state index contributed by atoms with van der Waals surface area (Å²) in [5, 5.41) is 0. The largest absolute Gasteiger partial charge is 0.358 e. The third-order valence-corrected chi connectivity index (χ3v) is 3.18. The zero-order valence-corrected chi connectivity index (χ0v) is 8.46. The van der Waals surface area contributed by atoms with Gasteiger partial charge in [-0.3, -0.25) is 9.39 Å². The van der Waals surface area contributed by atoms with Crippen molar-refractivity contribution in [2.75, 3.05) is 7.11 Å². The number of nitrogens with zero attached hydrogens (tertiary/aromatic N) is 1. The van der Waals surface area contributed by atoms with Crippen LogP contribution in [0, 0.1) is 0 Å². The molecule has 0 spiro atoms. The second kappa shape index (κ2) is 4.36. The van der Waals surface area contributed by atoms with Crippen LogP contribution in [0.4, 0.5) is 0 Å². The first kappa shape index (κ1) is 10.9. The lowest BCUT2D eigenvalue weighted by Gasteiger charge is -2.28. The van der Waals surface area contributed by atoms with Crippen molar-refractivity contribution in [1.82, 2.24) is 4.47 Å². The van der Waals surface area contributed by atoms with Crippen molar-refractivity contribution in [3.63, 3.8) is 0 Å². The molecular weight excluding hydrogens is 194 g/mol. The predicted octanol–water partition coefficient (Wildman–Crippen LogP) is 0.985. The van der Waals surface area contributed by atoms with Crippen LogP contribution in [0.2, 0.25) is 0 Å². The van der Waals surface area contributed by atoms with Gasteiger partial charge in [-0.25, -0.2) is 0 Å². The predicted molar refractivity (Wildman–Crippen MR) is 47.3 cm³/mol. The van der Waals surface area contributed by atoms with Crippen LogP contribution in [0.15, 0.2) is 0 Å². The molecule has 0 aromatic rings. The molecule has 1 N–H and O–H groups in total. The number of rotatable bonds is 3. The first-order valence-electron chi connectivity index (χ1n) is 4.36. The standard InChI is InChI=1S/C7H15NO4S/c1-12-8(13(9,10)11)7-5-3-2-4-6-7/h7H,2-6H2,1H3,(H,9,10,11). The maximum absolute atomic E-state index is 10.8. The van der Waals surface area contributed by atoms with Crippen molar-refractivity contribution < 1.29 is 17.8 Å². The normalized spacial score (nSPS) is 20.8.